The van der Waals surface area contributed by atoms with Crippen LogP contribution in [0.4, 0.5) is 5.69 Å². The molecule has 1 aliphatic rings. The number of amides is 1. The van der Waals surface area contributed by atoms with Crippen LogP contribution >= 0.6 is 0 Å². The van der Waals surface area contributed by atoms with Gasteiger partial charge in [-0.3, -0.25) is 4.79 Å². The highest BCUT2D eigenvalue weighted by Gasteiger charge is 2.17. The summed E-state index contributed by atoms with van der Waals surface area (Å²) in [5.41, 5.74) is 4.63. The average molecular weight is 313 g/mol. The van der Waals surface area contributed by atoms with Gasteiger partial charge in [0.25, 0.3) is 0 Å². The van der Waals surface area contributed by atoms with E-state index in [0.29, 0.717) is 19.4 Å². The molecule has 3 rings (SSSR count). The smallest absolute Gasteiger partial charge is 0.220 e. The molecule has 2 aromatic rings. The summed E-state index contributed by atoms with van der Waals surface area (Å²) in [6.45, 7) is 6.36. The lowest BCUT2D eigenvalue weighted by Crippen LogP contribution is -2.34. The van der Waals surface area contributed by atoms with E-state index in [0.717, 1.165) is 36.5 Å². The van der Waals surface area contributed by atoms with E-state index in [4.69, 9.17) is 4.52 Å². The molecule has 5 heteroatoms. The molecule has 0 bridgehead atoms. The highest BCUT2D eigenvalue weighted by Crippen LogP contribution is 2.26. The molecule has 0 saturated heterocycles. The Morgan fingerprint density at radius 1 is 1.35 bits per heavy atom. The van der Waals surface area contributed by atoms with E-state index < -0.39 is 0 Å². The van der Waals surface area contributed by atoms with E-state index in [1.54, 1.807) is 0 Å². The van der Waals surface area contributed by atoms with Gasteiger partial charge in [0.2, 0.25) is 5.91 Å². The molecule has 122 valence electrons. The van der Waals surface area contributed by atoms with E-state index in [2.05, 4.69) is 39.6 Å². The summed E-state index contributed by atoms with van der Waals surface area (Å²) in [7, 11) is 0. The van der Waals surface area contributed by atoms with Gasteiger partial charge >= 0.3 is 0 Å². The minimum Gasteiger partial charge on any atom is -0.369 e. The number of hydrogen-bond acceptors (Lipinski definition) is 4. The topological polar surface area (TPSA) is 58.4 Å². The van der Waals surface area contributed by atoms with Crippen LogP contribution in [-0.4, -0.2) is 30.7 Å². The second kappa shape index (κ2) is 6.86. The Morgan fingerprint density at radius 2 is 2.17 bits per heavy atom. The molecule has 5 nitrogen and oxygen atoms in total. The zero-order chi connectivity index (χ0) is 16.2. The van der Waals surface area contributed by atoms with Gasteiger partial charge in [0, 0.05) is 37.3 Å². The van der Waals surface area contributed by atoms with E-state index >= 15 is 0 Å². The zero-order valence-corrected chi connectivity index (χ0v) is 13.8. The number of nitrogens with zero attached hydrogens (tertiary/aromatic N) is 2. The quantitative estimate of drug-likeness (QED) is 0.890. The number of fused-ring (bicyclic) bond motifs is 1. The first kappa shape index (κ1) is 15.6. The normalized spacial score (nSPS) is 13.2. The summed E-state index contributed by atoms with van der Waals surface area (Å²) < 4.78 is 5.12. The van der Waals surface area contributed by atoms with Crippen LogP contribution in [0, 0.1) is 13.8 Å². The fourth-order valence-electron chi connectivity index (χ4n) is 3.15. The molecule has 1 aliphatic heterocycles. The van der Waals surface area contributed by atoms with E-state index in [-0.39, 0.29) is 5.91 Å². The maximum atomic E-state index is 12.0. The summed E-state index contributed by atoms with van der Waals surface area (Å²) in [5, 5.41) is 6.93. The minimum atomic E-state index is 0.0810. The van der Waals surface area contributed by atoms with E-state index in [9.17, 15) is 4.79 Å². The Morgan fingerprint density at radius 3 is 2.96 bits per heavy atom. The van der Waals surface area contributed by atoms with Crippen molar-refractivity contribution in [3.05, 3.63) is 46.8 Å². The van der Waals surface area contributed by atoms with Crippen molar-refractivity contribution in [2.75, 3.05) is 24.5 Å². The first-order valence-electron chi connectivity index (χ1n) is 8.16. The van der Waals surface area contributed by atoms with Gasteiger partial charge in [0.05, 0.1) is 5.69 Å². The molecule has 0 saturated carbocycles. The molecule has 0 atom stereocenters. The Labute approximate surface area is 136 Å². The van der Waals surface area contributed by atoms with Crippen LogP contribution in [0.3, 0.4) is 0 Å². The predicted octanol–water partition coefficient (Wildman–Crippen LogP) is 2.40. The average Bonchev–Trinajstić information content (AvgIpc) is 3.10. The van der Waals surface area contributed by atoms with Gasteiger partial charge in [-0.25, -0.2) is 0 Å². The lowest BCUT2D eigenvalue weighted by atomic mass is 10.1. The van der Waals surface area contributed by atoms with Gasteiger partial charge < -0.3 is 14.7 Å². The van der Waals surface area contributed by atoms with Crippen LogP contribution in [-0.2, 0) is 17.6 Å². The third kappa shape index (κ3) is 3.55. The first-order valence-corrected chi connectivity index (χ1v) is 8.16. The standard InChI is InChI=1S/C18H23N3O2/c1-13-16(14(2)23-20-13)7-8-18(22)19-10-12-21-11-9-15-5-3-4-6-17(15)21/h3-6H,7-12H2,1-2H3,(H,19,22). The van der Waals surface area contributed by atoms with Crippen molar-refractivity contribution in [2.45, 2.75) is 33.1 Å². The van der Waals surface area contributed by atoms with Crippen LogP contribution in [0.15, 0.2) is 28.8 Å². The van der Waals surface area contributed by atoms with E-state index in [1.807, 2.05) is 13.8 Å². The summed E-state index contributed by atoms with van der Waals surface area (Å²) in [5.74, 6) is 0.890. The number of hydrogen-bond donors (Lipinski definition) is 1. The monoisotopic (exact) mass is 313 g/mol. The number of carbonyl (C=O) groups is 1. The Hall–Kier alpha value is -2.30. The highest BCUT2D eigenvalue weighted by molar-refractivity contribution is 5.76. The molecule has 1 amide bonds. The molecule has 2 heterocycles. The molecule has 0 spiro atoms. The number of benzene rings is 1. The second-order valence-corrected chi connectivity index (χ2v) is 6.02. The first-order chi connectivity index (χ1) is 11.1. The SMILES string of the molecule is Cc1noc(C)c1CCC(=O)NCCN1CCc2ccccc21. The number of carbonyl (C=O) groups excluding carboxylic acids is 1. The Kier molecular flexibility index (Phi) is 4.65. The molecule has 1 aromatic carbocycles. The zero-order valence-electron chi connectivity index (χ0n) is 13.8. The van der Waals surface area contributed by atoms with Crippen molar-refractivity contribution in [1.29, 1.82) is 0 Å². The molecule has 0 aliphatic carbocycles. The van der Waals surface area contributed by atoms with Crippen molar-refractivity contribution in [1.82, 2.24) is 10.5 Å². The van der Waals surface area contributed by atoms with Crippen molar-refractivity contribution in [3.8, 4) is 0 Å². The van der Waals surface area contributed by atoms with Gasteiger partial charge in [-0.15, -0.1) is 0 Å². The second-order valence-electron chi connectivity index (χ2n) is 6.02. The number of para-hydroxylation sites is 1. The fraction of sp³-hybridized carbons (Fsp3) is 0.444. The Balaban J connectivity index is 1.42. The van der Waals surface area contributed by atoms with E-state index in [1.165, 1.54) is 11.3 Å². The van der Waals surface area contributed by atoms with Crippen LogP contribution in [0.25, 0.3) is 0 Å². The molecule has 0 fully saturated rings. The predicted molar refractivity (Wildman–Crippen MR) is 89.7 cm³/mol. The van der Waals surface area contributed by atoms with Gasteiger partial charge in [-0.1, -0.05) is 23.4 Å². The van der Waals surface area contributed by atoms with Crippen molar-refractivity contribution in [3.63, 3.8) is 0 Å². The highest BCUT2D eigenvalue weighted by atomic mass is 16.5. The van der Waals surface area contributed by atoms with Crippen molar-refractivity contribution >= 4 is 11.6 Å². The number of aromatic nitrogens is 1. The molecule has 0 radical (unpaired) electrons. The third-order valence-corrected chi connectivity index (χ3v) is 4.47. The number of nitrogens with one attached hydrogen (secondary N) is 1. The van der Waals surface area contributed by atoms with Gasteiger partial charge in [0.1, 0.15) is 5.76 Å². The van der Waals surface area contributed by atoms with Crippen LogP contribution in [0.5, 0.6) is 0 Å². The molecule has 0 unspecified atom stereocenters. The fourth-order valence-corrected chi connectivity index (χ4v) is 3.15. The maximum Gasteiger partial charge on any atom is 0.220 e. The summed E-state index contributed by atoms with van der Waals surface area (Å²) in [4.78, 5) is 14.3. The van der Waals surface area contributed by atoms with Crippen LogP contribution in [0.2, 0.25) is 0 Å². The van der Waals surface area contributed by atoms with Gasteiger partial charge in [-0.05, 0) is 38.3 Å². The molecular weight excluding hydrogens is 290 g/mol. The minimum absolute atomic E-state index is 0.0810. The summed E-state index contributed by atoms with van der Waals surface area (Å²) >= 11 is 0. The molecule has 23 heavy (non-hydrogen) atoms. The number of anilines is 1. The Bertz CT molecular complexity index is 674. The summed E-state index contributed by atoms with van der Waals surface area (Å²) in [6.07, 6.45) is 2.25. The van der Waals surface area contributed by atoms with Gasteiger partial charge in [-0.2, -0.15) is 0 Å². The van der Waals surface area contributed by atoms with Crippen LogP contribution < -0.4 is 10.2 Å². The lowest BCUT2D eigenvalue weighted by Gasteiger charge is -2.19. The summed E-state index contributed by atoms with van der Waals surface area (Å²) in [6, 6.07) is 8.48. The molecule has 1 N–H and O–H groups in total. The van der Waals surface area contributed by atoms with Gasteiger partial charge in [0.15, 0.2) is 0 Å². The lowest BCUT2D eigenvalue weighted by molar-refractivity contribution is -0.120. The third-order valence-electron chi connectivity index (χ3n) is 4.47. The van der Waals surface area contributed by atoms with Crippen molar-refractivity contribution in [2.24, 2.45) is 0 Å². The van der Waals surface area contributed by atoms with Crippen LogP contribution in [0.1, 0.15) is 29.0 Å². The number of aryl methyl sites for hydroxylation is 2. The largest absolute Gasteiger partial charge is 0.369 e. The molecular formula is C18H23N3O2. The van der Waals surface area contributed by atoms with Crippen molar-refractivity contribution < 1.29 is 9.32 Å². The molecule has 1 aromatic heterocycles. The number of rotatable bonds is 6. The maximum absolute atomic E-state index is 12.0.